The molecule has 1 aromatic carbocycles. The van der Waals surface area contributed by atoms with Crippen LogP contribution < -0.4 is 16.2 Å². The molecule has 3 rings (SSSR count). The van der Waals surface area contributed by atoms with Gasteiger partial charge in [0.2, 0.25) is 6.10 Å². The SMILES string of the molecule is O=C(NCC1CCCO1)NNC(=O)C1CC(c2ccc(Cl)cc2Cl)=NO1. The molecule has 1 fully saturated rings. The number of hydrazine groups is 1. The van der Waals surface area contributed by atoms with Crippen LogP contribution in [-0.2, 0) is 14.4 Å². The molecule has 0 radical (unpaired) electrons. The predicted octanol–water partition coefficient (Wildman–Crippen LogP) is 2.00. The Bertz CT molecular complexity index is 722. The maximum absolute atomic E-state index is 12.1. The summed E-state index contributed by atoms with van der Waals surface area (Å²) in [5, 5.41) is 7.46. The first-order valence-corrected chi connectivity index (χ1v) is 8.92. The molecule has 0 saturated carbocycles. The van der Waals surface area contributed by atoms with E-state index in [-0.39, 0.29) is 12.5 Å². The number of ether oxygens (including phenoxy) is 1. The van der Waals surface area contributed by atoms with Gasteiger partial charge in [0.1, 0.15) is 0 Å². The number of halogens is 2. The van der Waals surface area contributed by atoms with Gasteiger partial charge >= 0.3 is 6.03 Å². The van der Waals surface area contributed by atoms with E-state index in [4.69, 9.17) is 32.8 Å². The lowest BCUT2D eigenvalue weighted by atomic mass is 10.0. The minimum atomic E-state index is -0.852. The molecule has 2 aliphatic heterocycles. The van der Waals surface area contributed by atoms with E-state index in [1.807, 2.05) is 0 Å². The first-order chi connectivity index (χ1) is 12.5. The van der Waals surface area contributed by atoms with Gasteiger partial charge in [0.05, 0.1) is 16.8 Å². The quantitative estimate of drug-likeness (QED) is 0.672. The van der Waals surface area contributed by atoms with E-state index in [1.54, 1.807) is 18.2 Å². The molecule has 0 aliphatic carbocycles. The molecular formula is C16H18Cl2N4O4. The fourth-order valence-corrected chi connectivity index (χ4v) is 3.17. The molecule has 2 aliphatic rings. The van der Waals surface area contributed by atoms with Gasteiger partial charge in [-0.25, -0.2) is 10.2 Å². The van der Waals surface area contributed by atoms with E-state index in [9.17, 15) is 9.59 Å². The van der Waals surface area contributed by atoms with Crippen LogP contribution in [0, 0.1) is 0 Å². The topological polar surface area (TPSA) is 101 Å². The molecule has 2 heterocycles. The molecule has 1 aromatic rings. The normalized spacial score (nSPS) is 21.7. The molecule has 0 spiro atoms. The number of amides is 3. The Labute approximate surface area is 160 Å². The summed E-state index contributed by atoms with van der Waals surface area (Å²) in [6.45, 7) is 1.10. The predicted molar refractivity (Wildman–Crippen MR) is 96.1 cm³/mol. The summed E-state index contributed by atoms with van der Waals surface area (Å²) in [5.74, 6) is -0.513. The van der Waals surface area contributed by atoms with Crippen LogP contribution >= 0.6 is 23.2 Å². The number of carbonyl (C=O) groups is 2. The molecule has 2 atom stereocenters. The highest BCUT2D eigenvalue weighted by atomic mass is 35.5. The molecule has 1 saturated heterocycles. The number of hydrogen-bond donors (Lipinski definition) is 3. The van der Waals surface area contributed by atoms with Crippen molar-refractivity contribution in [2.24, 2.45) is 5.16 Å². The summed E-state index contributed by atoms with van der Waals surface area (Å²) in [6, 6.07) is 4.46. The number of urea groups is 1. The summed E-state index contributed by atoms with van der Waals surface area (Å²) in [5.41, 5.74) is 5.76. The van der Waals surface area contributed by atoms with E-state index in [0.717, 1.165) is 12.8 Å². The van der Waals surface area contributed by atoms with Crippen LogP contribution in [0.15, 0.2) is 23.4 Å². The molecule has 0 aromatic heterocycles. The van der Waals surface area contributed by atoms with Crippen molar-refractivity contribution in [2.45, 2.75) is 31.5 Å². The van der Waals surface area contributed by atoms with Crippen molar-refractivity contribution >= 4 is 40.9 Å². The van der Waals surface area contributed by atoms with Crippen molar-refractivity contribution in [1.29, 1.82) is 0 Å². The van der Waals surface area contributed by atoms with Gasteiger partial charge in [-0.05, 0) is 25.0 Å². The third kappa shape index (κ3) is 4.78. The number of rotatable bonds is 4. The molecule has 10 heteroatoms. The molecule has 2 unspecified atom stereocenters. The number of carbonyl (C=O) groups excluding carboxylic acids is 2. The second-order valence-electron chi connectivity index (χ2n) is 5.92. The molecular weight excluding hydrogens is 383 g/mol. The Morgan fingerprint density at radius 3 is 2.85 bits per heavy atom. The van der Waals surface area contributed by atoms with Crippen molar-refractivity contribution in [3.05, 3.63) is 33.8 Å². The Hall–Kier alpha value is -2.03. The average molecular weight is 401 g/mol. The zero-order chi connectivity index (χ0) is 18.5. The maximum atomic E-state index is 12.1. The van der Waals surface area contributed by atoms with Crippen molar-refractivity contribution < 1.29 is 19.2 Å². The Morgan fingerprint density at radius 1 is 1.27 bits per heavy atom. The summed E-state index contributed by atoms with van der Waals surface area (Å²) in [6.07, 6.45) is 1.30. The summed E-state index contributed by atoms with van der Waals surface area (Å²) in [7, 11) is 0. The number of nitrogens with one attached hydrogen (secondary N) is 3. The Morgan fingerprint density at radius 2 is 2.12 bits per heavy atom. The van der Waals surface area contributed by atoms with Crippen LogP contribution in [0.2, 0.25) is 10.0 Å². The fourth-order valence-electron chi connectivity index (χ4n) is 2.66. The number of oxime groups is 1. The lowest BCUT2D eigenvalue weighted by Crippen LogP contribution is -2.51. The van der Waals surface area contributed by atoms with Crippen LogP contribution in [-0.4, -0.2) is 43.0 Å². The Balaban J connectivity index is 1.42. The second-order valence-corrected chi connectivity index (χ2v) is 6.76. The lowest BCUT2D eigenvalue weighted by molar-refractivity contribution is -0.131. The second kappa shape index (κ2) is 8.57. The highest BCUT2D eigenvalue weighted by Crippen LogP contribution is 2.25. The van der Waals surface area contributed by atoms with E-state index in [0.29, 0.717) is 34.5 Å². The molecule has 140 valence electrons. The van der Waals surface area contributed by atoms with E-state index < -0.39 is 18.0 Å². The van der Waals surface area contributed by atoms with Gasteiger partial charge in [-0.3, -0.25) is 10.2 Å². The van der Waals surface area contributed by atoms with Crippen molar-refractivity contribution in [3.8, 4) is 0 Å². The average Bonchev–Trinajstić information content (AvgIpc) is 3.29. The van der Waals surface area contributed by atoms with Gasteiger partial charge in [-0.1, -0.05) is 34.4 Å². The van der Waals surface area contributed by atoms with Gasteiger partial charge < -0.3 is 14.9 Å². The number of benzene rings is 1. The van der Waals surface area contributed by atoms with Gasteiger partial charge in [0, 0.05) is 30.2 Å². The minimum absolute atomic E-state index is 0.0229. The molecule has 3 N–H and O–H groups in total. The summed E-state index contributed by atoms with van der Waals surface area (Å²) >= 11 is 12.0. The van der Waals surface area contributed by atoms with Gasteiger partial charge in [-0.2, -0.15) is 0 Å². The molecule has 26 heavy (non-hydrogen) atoms. The van der Waals surface area contributed by atoms with Gasteiger partial charge in [0.15, 0.2) is 0 Å². The number of nitrogens with zero attached hydrogens (tertiary/aromatic N) is 1. The monoisotopic (exact) mass is 400 g/mol. The first kappa shape index (κ1) is 18.8. The van der Waals surface area contributed by atoms with Crippen LogP contribution in [0.1, 0.15) is 24.8 Å². The zero-order valence-corrected chi connectivity index (χ0v) is 15.3. The standard InChI is InChI=1S/C16H18Cl2N4O4/c17-9-3-4-11(12(18)6-9)13-7-14(26-22-13)15(23)20-21-16(24)19-8-10-2-1-5-25-10/h3-4,6,10,14H,1-2,5,7-8H2,(H,20,23)(H2,19,21,24). The van der Waals surface area contributed by atoms with Crippen molar-refractivity contribution in [3.63, 3.8) is 0 Å². The zero-order valence-electron chi connectivity index (χ0n) is 13.8. The van der Waals surface area contributed by atoms with Crippen LogP contribution in [0.3, 0.4) is 0 Å². The van der Waals surface area contributed by atoms with Crippen LogP contribution in [0.25, 0.3) is 0 Å². The van der Waals surface area contributed by atoms with Crippen molar-refractivity contribution in [2.75, 3.05) is 13.2 Å². The molecule has 3 amide bonds. The summed E-state index contributed by atoms with van der Waals surface area (Å²) in [4.78, 5) is 28.9. The van der Waals surface area contributed by atoms with Gasteiger partial charge in [0.25, 0.3) is 5.91 Å². The van der Waals surface area contributed by atoms with Crippen LogP contribution in [0.4, 0.5) is 4.79 Å². The fraction of sp³-hybridized carbons (Fsp3) is 0.438. The molecule has 8 nitrogen and oxygen atoms in total. The maximum Gasteiger partial charge on any atom is 0.333 e. The molecule has 0 bridgehead atoms. The highest BCUT2D eigenvalue weighted by Gasteiger charge is 2.30. The largest absolute Gasteiger partial charge is 0.382 e. The Kier molecular flexibility index (Phi) is 6.18. The number of hydrogen-bond acceptors (Lipinski definition) is 5. The smallest absolute Gasteiger partial charge is 0.333 e. The highest BCUT2D eigenvalue weighted by molar-refractivity contribution is 6.37. The third-order valence-electron chi connectivity index (χ3n) is 4.02. The third-order valence-corrected chi connectivity index (χ3v) is 4.56. The van der Waals surface area contributed by atoms with E-state index >= 15 is 0 Å². The van der Waals surface area contributed by atoms with Crippen LogP contribution in [0.5, 0.6) is 0 Å². The van der Waals surface area contributed by atoms with Crippen molar-refractivity contribution in [1.82, 2.24) is 16.2 Å². The first-order valence-electron chi connectivity index (χ1n) is 8.16. The van der Waals surface area contributed by atoms with E-state index in [1.165, 1.54) is 0 Å². The van der Waals surface area contributed by atoms with E-state index in [2.05, 4.69) is 21.3 Å². The minimum Gasteiger partial charge on any atom is -0.382 e. The van der Waals surface area contributed by atoms with Gasteiger partial charge in [-0.15, -0.1) is 0 Å². The summed E-state index contributed by atoms with van der Waals surface area (Å²) < 4.78 is 5.40. The lowest BCUT2D eigenvalue weighted by Gasteiger charge is -2.13.